The van der Waals surface area contributed by atoms with Gasteiger partial charge in [-0.25, -0.2) is 0 Å². The van der Waals surface area contributed by atoms with Gasteiger partial charge in [0, 0.05) is 6.54 Å². The number of aliphatic carboxylic acids is 1. The second-order valence-corrected chi connectivity index (χ2v) is 4.72. The first-order valence-corrected chi connectivity index (χ1v) is 7.20. The lowest BCUT2D eigenvalue weighted by Gasteiger charge is -2.25. The standard InChI is InChI=1S/C16H22N2O3/c1-3-10-21-14-7-5-6-13(11-14)15(12-17)18(4-2)9-8-16(19)20/h5-7,11,15H,3-4,8-10H2,1-2H3,(H,19,20). The monoisotopic (exact) mass is 290 g/mol. The quantitative estimate of drug-likeness (QED) is 0.757. The van der Waals surface area contributed by atoms with E-state index in [-0.39, 0.29) is 6.42 Å². The number of hydrogen-bond acceptors (Lipinski definition) is 4. The number of carbonyl (C=O) groups is 1. The van der Waals surface area contributed by atoms with Crippen LogP contribution in [0.15, 0.2) is 24.3 Å². The maximum Gasteiger partial charge on any atom is 0.304 e. The fourth-order valence-electron chi connectivity index (χ4n) is 2.07. The number of carboxylic acid groups (broad SMARTS) is 1. The van der Waals surface area contributed by atoms with E-state index < -0.39 is 12.0 Å². The summed E-state index contributed by atoms with van der Waals surface area (Å²) in [5, 5.41) is 18.2. The van der Waals surface area contributed by atoms with E-state index in [0.29, 0.717) is 19.7 Å². The van der Waals surface area contributed by atoms with Crippen molar-refractivity contribution in [3.05, 3.63) is 29.8 Å². The molecule has 0 amide bonds. The number of rotatable bonds is 9. The summed E-state index contributed by atoms with van der Waals surface area (Å²) in [4.78, 5) is 12.6. The summed E-state index contributed by atoms with van der Waals surface area (Å²) in [5.74, 6) is -0.117. The van der Waals surface area contributed by atoms with Gasteiger partial charge in [0.05, 0.1) is 19.1 Å². The Morgan fingerprint density at radius 3 is 2.81 bits per heavy atom. The lowest BCUT2D eigenvalue weighted by molar-refractivity contribution is -0.137. The fourth-order valence-corrected chi connectivity index (χ4v) is 2.07. The van der Waals surface area contributed by atoms with Crippen molar-refractivity contribution in [3.8, 4) is 11.8 Å². The van der Waals surface area contributed by atoms with Crippen LogP contribution in [-0.2, 0) is 4.79 Å². The topological polar surface area (TPSA) is 73.6 Å². The molecular weight excluding hydrogens is 268 g/mol. The van der Waals surface area contributed by atoms with E-state index in [1.165, 1.54) is 0 Å². The zero-order valence-electron chi connectivity index (χ0n) is 12.6. The van der Waals surface area contributed by atoms with Crippen molar-refractivity contribution in [1.29, 1.82) is 5.26 Å². The van der Waals surface area contributed by atoms with Crippen LogP contribution >= 0.6 is 0 Å². The van der Waals surface area contributed by atoms with E-state index in [2.05, 4.69) is 6.07 Å². The molecule has 114 valence electrons. The van der Waals surface area contributed by atoms with Gasteiger partial charge in [-0.1, -0.05) is 26.0 Å². The van der Waals surface area contributed by atoms with Crippen LogP contribution in [0.1, 0.15) is 38.3 Å². The number of ether oxygens (including phenoxy) is 1. The van der Waals surface area contributed by atoms with Crippen molar-refractivity contribution in [2.45, 2.75) is 32.7 Å². The summed E-state index contributed by atoms with van der Waals surface area (Å²) in [6.45, 7) is 5.56. The van der Waals surface area contributed by atoms with E-state index in [4.69, 9.17) is 9.84 Å². The Balaban J connectivity index is 2.87. The molecule has 0 heterocycles. The largest absolute Gasteiger partial charge is 0.494 e. The minimum absolute atomic E-state index is 0.0258. The van der Waals surface area contributed by atoms with Gasteiger partial charge in [0.2, 0.25) is 0 Å². The molecule has 1 N–H and O–H groups in total. The molecule has 0 spiro atoms. The summed E-state index contributed by atoms with van der Waals surface area (Å²) in [7, 11) is 0. The molecule has 0 saturated carbocycles. The molecule has 1 rings (SSSR count). The van der Waals surface area contributed by atoms with Crippen LogP contribution in [0.25, 0.3) is 0 Å². The second kappa shape index (κ2) is 8.98. The molecule has 0 aliphatic rings. The fraction of sp³-hybridized carbons (Fsp3) is 0.500. The van der Waals surface area contributed by atoms with Gasteiger partial charge in [0.1, 0.15) is 11.8 Å². The van der Waals surface area contributed by atoms with Crippen LogP contribution in [0.2, 0.25) is 0 Å². The second-order valence-electron chi connectivity index (χ2n) is 4.72. The van der Waals surface area contributed by atoms with Gasteiger partial charge in [-0.15, -0.1) is 0 Å². The summed E-state index contributed by atoms with van der Waals surface area (Å²) in [5.41, 5.74) is 0.832. The molecule has 0 aliphatic heterocycles. The van der Waals surface area contributed by atoms with Crippen molar-refractivity contribution < 1.29 is 14.6 Å². The van der Waals surface area contributed by atoms with Gasteiger partial charge in [-0.05, 0) is 30.7 Å². The maximum absolute atomic E-state index is 10.7. The molecule has 1 aromatic rings. The highest BCUT2D eigenvalue weighted by Crippen LogP contribution is 2.24. The minimum Gasteiger partial charge on any atom is -0.494 e. The highest BCUT2D eigenvalue weighted by molar-refractivity contribution is 5.66. The highest BCUT2D eigenvalue weighted by atomic mass is 16.5. The Morgan fingerprint density at radius 2 is 2.24 bits per heavy atom. The van der Waals surface area contributed by atoms with Crippen LogP contribution in [0.3, 0.4) is 0 Å². The predicted molar refractivity (Wildman–Crippen MR) is 80.1 cm³/mol. The molecule has 0 aliphatic carbocycles. The summed E-state index contributed by atoms with van der Waals surface area (Å²) in [6, 6.07) is 9.24. The number of carboxylic acids is 1. The molecule has 1 atom stereocenters. The third-order valence-electron chi connectivity index (χ3n) is 3.15. The molecule has 0 aromatic heterocycles. The summed E-state index contributed by atoms with van der Waals surface area (Å²) in [6.07, 6.45) is 0.948. The Bertz CT molecular complexity index is 497. The van der Waals surface area contributed by atoms with Gasteiger partial charge in [-0.2, -0.15) is 5.26 Å². The molecular formula is C16H22N2O3. The van der Waals surface area contributed by atoms with E-state index in [0.717, 1.165) is 17.7 Å². The van der Waals surface area contributed by atoms with Crippen LogP contribution in [0.5, 0.6) is 5.75 Å². The normalized spacial score (nSPS) is 11.9. The van der Waals surface area contributed by atoms with Gasteiger partial charge < -0.3 is 9.84 Å². The maximum atomic E-state index is 10.7. The first-order valence-electron chi connectivity index (χ1n) is 7.20. The van der Waals surface area contributed by atoms with Gasteiger partial charge in [-0.3, -0.25) is 9.69 Å². The molecule has 1 unspecified atom stereocenters. The lowest BCUT2D eigenvalue weighted by atomic mass is 10.1. The average Bonchev–Trinajstić information content (AvgIpc) is 2.49. The molecule has 0 radical (unpaired) electrons. The van der Waals surface area contributed by atoms with Gasteiger partial charge in [0.15, 0.2) is 0 Å². The molecule has 0 bridgehead atoms. The Hall–Kier alpha value is -2.06. The zero-order valence-corrected chi connectivity index (χ0v) is 12.6. The lowest BCUT2D eigenvalue weighted by Crippen LogP contribution is -2.30. The SMILES string of the molecule is CCCOc1cccc(C(C#N)N(CC)CCC(=O)O)c1. The van der Waals surface area contributed by atoms with Crippen LogP contribution in [0, 0.1) is 11.3 Å². The van der Waals surface area contributed by atoms with Gasteiger partial charge >= 0.3 is 5.97 Å². The van der Waals surface area contributed by atoms with Crippen molar-refractivity contribution in [3.63, 3.8) is 0 Å². The zero-order chi connectivity index (χ0) is 15.7. The molecule has 0 fully saturated rings. The summed E-state index contributed by atoms with van der Waals surface area (Å²) < 4.78 is 5.58. The number of nitriles is 1. The predicted octanol–water partition coefficient (Wildman–Crippen LogP) is 2.84. The van der Waals surface area contributed by atoms with E-state index >= 15 is 0 Å². The third kappa shape index (κ3) is 5.44. The molecule has 1 aromatic carbocycles. The van der Waals surface area contributed by atoms with Crippen LogP contribution in [-0.4, -0.2) is 35.7 Å². The first kappa shape index (κ1) is 17.0. The van der Waals surface area contributed by atoms with Crippen molar-refractivity contribution >= 4 is 5.97 Å². The summed E-state index contributed by atoms with van der Waals surface area (Å²) >= 11 is 0. The average molecular weight is 290 g/mol. The van der Waals surface area contributed by atoms with E-state index in [1.807, 2.05) is 43.0 Å². The van der Waals surface area contributed by atoms with Crippen molar-refractivity contribution in [2.75, 3.05) is 19.7 Å². The Kier molecular flexibility index (Phi) is 7.27. The Labute approximate surface area is 125 Å². The van der Waals surface area contributed by atoms with Crippen LogP contribution in [0.4, 0.5) is 0 Å². The van der Waals surface area contributed by atoms with E-state index in [1.54, 1.807) is 0 Å². The smallest absolute Gasteiger partial charge is 0.304 e. The minimum atomic E-state index is -0.856. The van der Waals surface area contributed by atoms with Crippen molar-refractivity contribution in [1.82, 2.24) is 4.90 Å². The molecule has 0 saturated heterocycles. The number of benzene rings is 1. The number of hydrogen-bond donors (Lipinski definition) is 1. The first-order chi connectivity index (χ1) is 10.1. The molecule has 21 heavy (non-hydrogen) atoms. The molecule has 5 nitrogen and oxygen atoms in total. The van der Waals surface area contributed by atoms with Crippen molar-refractivity contribution in [2.24, 2.45) is 0 Å². The van der Waals surface area contributed by atoms with Gasteiger partial charge in [0.25, 0.3) is 0 Å². The molecule has 5 heteroatoms. The Morgan fingerprint density at radius 1 is 1.48 bits per heavy atom. The van der Waals surface area contributed by atoms with Crippen LogP contribution < -0.4 is 4.74 Å². The highest BCUT2D eigenvalue weighted by Gasteiger charge is 2.19. The third-order valence-corrected chi connectivity index (χ3v) is 3.15. The van der Waals surface area contributed by atoms with E-state index in [9.17, 15) is 10.1 Å². The number of nitrogens with zero attached hydrogens (tertiary/aromatic N) is 2.